The number of sulfonamides is 1. The predicted molar refractivity (Wildman–Crippen MR) is 139 cm³/mol. The molecule has 1 amide bonds. The SMILES string of the molecule is C/C(=N/NC(=O)CN(c1cccc(Br)c1)S(=O)(=O)c1ccc(C)cc1)c1cccc(I)c1. The fraction of sp³-hybridized carbons (Fsp3) is 0.130. The molecule has 9 heteroatoms. The molecule has 3 aromatic carbocycles. The summed E-state index contributed by atoms with van der Waals surface area (Å²) < 4.78 is 29.6. The van der Waals surface area contributed by atoms with Gasteiger partial charge in [0.05, 0.1) is 16.3 Å². The van der Waals surface area contributed by atoms with Gasteiger partial charge in [0.15, 0.2) is 0 Å². The summed E-state index contributed by atoms with van der Waals surface area (Å²) in [4.78, 5) is 12.8. The van der Waals surface area contributed by atoms with Crippen molar-refractivity contribution < 1.29 is 13.2 Å². The molecule has 0 heterocycles. The molecule has 0 atom stereocenters. The van der Waals surface area contributed by atoms with Crippen molar-refractivity contribution in [1.82, 2.24) is 5.43 Å². The fourth-order valence-corrected chi connectivity index (χ4v) is 5.22. The van der Waals surface area contributed by atoms with E-state index in [4.69, 9.17) is 0 Å². The zero-order valence-electron chi connectivity index (χ0n) is 17.4. The number of rotatable bonds is 7. The summed E-state index contributed by atoms with van der Waals surface area (Å²) in [5, 5.41) is 4.15. The van der Waals surface area contributed by atoms with Crippen LogP contribution >= 0.6 is 38.5 Å². The van der Waals surface area contributed by atoms with Crippen LogP contribution in [0.2, 0.25) is 0 Å². The van der Waals surface area contributed by atoms with E-state index < -0.39 is 22.5 Å². The van der Waals surface area contributed by atoms with Crippen molar-refractivity contribution in [3.05, 3.63) is 92.0 Å². The Bertz CT molecular complexity index is 1260. The second kappa shape index (κ2) is 10.6. The number of anilines is 1. The Hall–Kier alpha value is -2.24. The zero-order valence-corrected chi connectivity index (χ0v) is 22.0. The first-order valence-corrected chi connectivity index (χ1v) is 12.9. The first-order chi connectivity index (χ1) is 15.2. The maximum atomic E-state index is 13.4. The van der Waals surface area contributed by atoms with Crippen molar-refractivity contribution in [1.29, 1.82) is 0 Å². The quantitative estimate of drug-likeness (QED) is 0.226. The van der Waals surface area contributed by atoms with E-state index in [9.17, 15) is 13.2 Å². The van der Waals surface area contributed by atoms with E-state index >= 15 is 0 Å². The van der Waals surface area contributed by atoms with Crippen LogP contribution in [0.25, 0.3) is 0 Å². The van der Waals surface area contributed by atoms with Crippen LogP contribution in [0.1, 0.15) is 18.1 Å². The largest absolute Gasteiger partial charge is 0.271 e. The zero-order chi connectivity index (χ0) is 23.3. The Labute approximate surface area is 210 Å². The van der Waals surface area contributed by atoms with Crippen LogP contribution in [0.15, 0.2) is 87.3 Å². The van der Waals surface area contributed by atoms with Gasteiger partial charge in [0.1, 0.15) is 6.54 Å². The van der Waals surface area contributed by atoms with Crippen molar-refractivity contribution in [2.24, 2.45) is 5.10 Å². The molecule has 0 saturated carbocycles. The lowest BCUT2D eigenvalue weighted by Gasteiger charge is -2.24. The summed E-state index contributed by atoms with van der Waals surface area (Å²) in [6.45, 7) is 3.24. The topological polar surface area (TPSA) is 78.8 Å². The predicted octanol–water partition coefficient (Wildman–Crippen LogP) is 5.10. The summed E-state index contributed by atoms with van der Waals surface area (Å²) in [7, 11) is -3.98. The van der Waals surface area contributed by atoms with E-state index in [1.165, 1.54) is 12.1 Å². The van der Waals surface area contributed by atoms with Crippen molar-refractivity contribution >= 4 is 65.9 Å². The molecule has 0 saturated heterocycles. The third-order valence-corrected chi connectivity index (χ3v) is 7.54. The molecule has 0 bridgehead atoms. The number of hydrogen-bond donors (Lipinski definition) is 1. The second-order valence-electron chi connectivity index (χ2n) is 7.05. The number of carbonyl (C=O) groups is 1. The van der Waals surface area contributed by atoms with Gasteiger partial charge in [0, 0.05) is 8.04 Å². The minimum absolute atomic E-state index is 0.106. The third-order valence-electron chi connectivity index (χ3n) is 4.58. The summed E-state index contributed by atoms with van der Waals surface area (Å²) in [6.07, 6.45) is 0. The first kappa shape index (κ1) is 24.4. The van der Waals surface area contributed by atoms with Crippen molar-refractivity contribution in [3.63, 3.8) is 0 Å². The molecule has 0 spiro atoms. The molecule has 32 heavy (non-hydrogen) atoms. The maximum absolute atomic E-state index is 13.4. The molecule has 6 nitrogen and oxygen atoms in total. The van der Waals surface area contributed by atoms with Crippen molar-refractivity contribution in [3.8, 4) is 0 Å². The third kappa shape index (κ3) is 6.17. The highest BCUT2D eigenvalue weighted by Crippen LogP contribution is 2.26. The van der Waals surface area contributed by atoms with Crippen LogP contribution in [0.4, 0.5) is 5.69 Å². The Balaban J connectivity index is 1.88. The highest BCUT2D eigenvalue weighted by molar-refractivity contribution is 14.1. The molecule has 0 aliphatic carbocycles. The Kier molecular flexibility index (Phi) is 8.07. The van der Waals surface area contributed by atoms with Crippen LogP contribution < -0.4 is 9.73 Å². The average Bonchev–Trinajstić information content (AvgIpc) is 2.76. The average molecular weight is 626 g/mol. The molecular weight excluding hydrogens is 605 g/mol. The number of hydrogen-bond acceptors (Lipinski definition) is 4. The van der Waals surface area contributed by atoms with Crippen LogP contribution in [-0.4, -0.2) is 26.6 Å². The van der Waals surface area contributed by atoms with Crippen LogP contribution in [0.5, 0.6) is 0 Å². The van der Waals surface area contributed by atoms with Gasteiger partial charge in [-0.1, -0.05) is 51.8 Å². The fourth-order valence-electron chi connectivity index (χ4n) is 2.87. The van der Waals surface area contributed by atoms with Crippen LogP contribution in [0, 0.1) is 10.5 Å². The Morgan fingerprint density at radius 3 is 2.41 bits per heavy atom. The molecule has 0 fully saturated rings. The van der Waals surface area contributed by atoms with E-state index in [1.807, 2.05) is 31.2 Å². The maximum Gasteiger partial charge on any atom is 0.264 e. The number of amides is 1. The summed E-state index contributed by atoms with van der Waals surface area (Å²) in [6, 6.07) is 21.0. The molecule has 3 aromatic rings. The van der Waals surface area contributed by atoms with Gasteiger partial charge in [-0.2, -0.15) is 5.10 Å². The van der Waals surface area contributed by atoms with E-state index in [0.717, 1.165) is 19.0 Å². The van der Waals surface area contributed by atoms with Gasteiger partial charge in [0.25, 0.3) is 15.9 Å². The van der Waals surface area contributed by atoms with Gasteiger partial charge < -0.3 is 0 Å². The lowest BCUT2D eigenvalue weighted by Crippen LogP contribution is -2.39. The van der Waals surface area contributed by atoms with Crippen LogP contribution in [-0.2, 0) is 14.8 Å². The van der Waals surface area contributed by atoms with E-state index in [1.54, 1.807) is 43.3 Å². The lowest BCUT2D eigenvalue weighted by atomic mass is 10.1. The molecule has 0 radical (unpaired) electrons. The standard InChI is InChI=1S/C23H21BrIN3O3S/c1-16-9-11-22(12-10-16)32(30,31)28(21-8-4-6-19(24)14-21)15-23(29)27-26-17(2)18-5-3-7-20(25)13-18/h3-14H,15H2,1-2H3,(H,27,29)/b26-17-. The summed E-state index contributed by atoms with van der Waals surface area (Å²) >= 11 is 5.57. The number of nitrogens with zero attached hydrogens (tertiary/aromatic N) is 2. The van der Waals surface area contributed by atoms with Gasteiger partial charge in [-0.3, -0.25) is 9.10 Å². The Morgan fingerprint density at radius 1 is 1.06 bits per heavy atom. The van der Waals surface area contributed by atoms with E-state index in [0.29, 0.717) is 15.9 Å². The highest BCUT2D eigenvalue weighted by Gasteiger charge is 2.27. The molecule has 3 rings (SSSR count). The molecule has 0 aliphatic rings. The highest BCUT2D eigenvalue weighted by atomic mass is 127. The Morgan fingerprint density at radius 2 is 1.75 bits per heavy atom. The van der Waals surface area contributed by atoms with Gasteiger partial charge in [0.2, 0.25) is 0 Å². The summed E-state index contributed by atoms with van der Waals surface area (Å²) in [5.41, 5.74) is 5.27. The van der Waals surface area contributed by atoms with Gasteiger partial charge >= 0.3 is 0 Å². The molecule has 0 aromatic heterocycles. The molecule has 0 aliphatic heterocycles. The lowest BCUT2D eigenvalue weighted by molar-refractivity contribution is -0.119. The van der Waals surface area contributed by atoms with Gasteiger partial charge in [-0.15, -0.1) is 0 Å². The minimum Gasteiger partial charge on any atom is -0.271 e. The summed E-state index contributed by atoms with van der Waals surface area (Å²) in [5.74, 6) is -0.550. The monoisotopic (exact) mass is 625 g/mol. The number of nitrogens with one attached hydrogen (secondary N) is 1. The van der Waals surface area contributed by atoms with E-state index in [2.05, 4.69) is 49.0 Å². The first-order valence-electron chi connectivity index (χ1n) is 9.61. The number of aryl methyl sites for hydroxylation is 1. The minimum atomic E-state index is -3.98. The molecular formula is C23H21BrIN3O3S. The van der Waals surface area contributed by atoms with Crippen LogP contribution in [0.3, 0.4) is 0 Å². The second-order valence-corrected chi connectivity index (χ2v) is 11.1. The van der Waals surface area contributed by atoms with Gasteiger partial charge in [-0.05, 0) is 84.5 Å². The number of hydrazone groups is 1. The molecule has 0 unspecified atom stereocenters. The number of carbonyl (C=O) groups excluding carboxylic acids is 1. The molecule has 166 valence electrons. The number of halogens is 2. The van der Waals surface area contributed by atoms with E-state index in [-0.39, 0.29) is 4.90 Å². The van der Waals surface area contributed by atoms with Crippen molar-refractivity contribution in [2.75, 3.05) is 10.8 Å². The number of benzene rings is 3. The van der Waals surface area contributed by atoms with Gasteiger partial charge in [-0.25, -0.2) is 13.8 Å². The normalized spacial score (nSPS) is 11.8. The molecule has 1 N–H and O–H groups in total. The van der Waals surface area contributed by atoms with Crippen molar-refractivity contribution in [2.45, 2.75) is 18.7 Å². The smallest absolute Gasteiger partial charge is 0.264 e.